The summed E-state index contributed by atoms with van der Waals surface area (Å²) in [4.78, 5) is 15.4. The van der Waals surface area contributed by atoms with Crippen molar-refractivity contribution in [3.8, 4) is 11.5 Å². The number of nitrogens with zero attached hydrogens (tertiary/aromatic N) is 2. The Morgan fingerprint density at radius 1 is 1.12 bits per heavy atom. The Bertz CT molecular complexity index is 979. The van der Waals surface area contributed by atoms with Gasteiger partial charge in [0.05, 0.1) is 41.0 Å². The highest BCUT2D eigenvalue weighted by Gasteiger charge is 2.17. The average molecular weight is 356 g/mol. The standard InChI is InChI=1S/C18H16N2O4S/c1-11-4-6-17-13(8-11)19-18(25-17)7-5-12-9-15(23-2)16(24-3)10-14(12)20(21)22/h4-10H,1-3H3/b7-5+. The molecule has 0 spiro atoms. The first-order valence-electron chi connectivity index (χ1n) is 7.47. The van der Waals surface area contributed by atoms with E-state index in [-0.39, 0.29) is 5.69 Å². The number of rotatable bonds is 5. The largest absolute Gasteiger partial charge is 0.493 e. The molecule has 0 aliphatic carbocycles. The second kappa shape index (κ2) is 6.90. The van der Waals surface area contributed by atoms with E-state index in [1.54, 1.807) is 18.2 Å². The number of aryl methyl sites for hydroxylation is 1. The van der Waals surface area contributed by atoms with Crippen molar-refractivity contribution >= 4 is 39.4 Å². The van der Waals surface area contributed by atoms with Gasteiger partial charge in [0.2, 0.25) is 0 Å². The number of nitro benzene ring substituents is 1. The summed E-state index contributed by atoms with van der Waals surface area (Å²) in [6, 6.07) is 9.03. The monoisotopic (exact) mass is 356 g/mol. The van der Waals surface area contributed by atoms with Crippen LogP contribution in [0.1, 0.15) is 16.1 Å². The van der Waals surface area contributed by atoms with Gasteiger partial charge in [0.15, 0.2) is 11.5 Å². The highest BCUT2D eigenvalue weighted by atomic mass is 32.1. The van der Waals surface area contributed by atoms with E-state index in [1.165, 1.54) is 31.6 Å². The number of fused-ring (bicyclic) bond motifs is 1. The third kappa shape index (κ3) is 3.46. The molecule has 6 nitrogen and oxygen atoms in total. The molecule has 0 amide bonds. The Kier molecular flexibility index (Phi) is 4.67. The lowest BCUT2D eigenvalue weighted by molar-refractivity contribution is -0.385. The van der Waals surface area contributed by atoms with Crippen molar-refractivity contribution in [2.75, 3.05) is 14.2 Å². The van der Waals surface area contributed by atoms with Gasteiger partial charge in [-0.1, -0.05) is 6.07 Å². The number of hydrogen-bond donors (Lipinski definition) is 0. The zero-order valence-corrected chi connectivity index (χ0v) is 14.8. The molecule has 2 aromatic carbocycles. The van der Waals surface area contributed by atoms with Crippen LogP contribution in [0.5, 0.6) is 11.5 Å². The van der Waals surface area contributed by atoms with E-state index in [2.05, 4.69) is 4.98 Å². The summed E-state index contributed by atoms with van der Waals surface area (Å²) < 4.78 is 11.4. The molecule has 0 aliphatic rings. The van der Waals surface area contributed by atoms with E-state index < -0.39 is 4.92 Å². The Hall–Kier alpha value is -2.93. The molecule has 128 valence electrons. The molecule has 3 aromatic rings. The van der Waals surface area contributed by atoms with Crippen molar-refractivity contribution in [1.29, 1.82) is 0 Å². The Labute approximate surface area is 148 Å². The normalized spacial score (nSPS) is 11.2. The highest BCUT2D eigenvalue weighted by Crippen LogP contribution is 2.35. The van der Waals surface area contributed by atoms with Crippen molar-refractivity contribution in [1.82, 2.24) is 4.98 Å². The number of benzene rings is 2. The molecule has 0 unspecified atom stereocenters. The van der Waals surface area contributed by atoms with Crippen LogP contribution in [0, 0.1) is 17.0 Å². The molecule has 0 N–H and O–H groups in total. The fraction of sp³-hybridized carbons (Fsp3) is 0.167. The lowest BCUT2D eigenvalue weighted by Crippen LogP contribution is -1.96. The van der Waals surface area contributed by atoms with Crippen LogP contribution in [0.4, 0.5) is 5.69 Å². The summed E-state index contributed by atoms with van der Waals surface area (Å²) in [6.45, 7) is 2.02. The van der Waals surface area contributed by atoms with Gasteiger partial charge in [-0.05, 0) is 42.8 Å². The number of thiazole rings is 1. The molecule has 0 saturated heterocycles. The smallest absolute Gasteiger partial charge is 0.280 e. The highest BCUT2D eigenvalue weighted by molar-refractivity contribution is 7.19. The molecule has 1 heterocycles. The van der Waals surface area contributed by atoms with Gasteiger partial charge < -0.3 is 9.47 Å². The number of aromatic nitrogens is 1. The van der Waals surface area contributed by atoms with E-state index in [0.717, 1.165) is 20.8 Å². The fourth-order valence-corrected chi connectivity index (χ4v) is 3.31. The van der Waals surface area contributed by atoms with E-state index in [9.17, 15) is 10.1 Å². The van der Waals surface area contributed by atoms with Gasteiger partial charge in [-0.25, -0.2) is 4.98 Å². The first-order chi connectivity index (χ1) is 12.0. The summed E-state index contributed by atoms with van der Waals surface area (Å²) in [5.41, 5.74) is 2.44. The van der Waals surface area contributed by atoms with Crippen LogP contribution in [-0.2, 0) is 0 Å². The molecule has 3 rings (SSSR count). The maximum absolute atomic E-state index is 11.3. The predicted molar refractivity (Wildman–Crippen MR) is 99.5 cm³/mol. The van der Waals surface area contributed by atoms with E-state index >= 15 is 0 Å². The molecule has 7 heteroatoms. The maximum Gasteiger partial charge on any atom is 0.280 e. The van der Waals surface area contributed by atoms with Gasteiger partial charge in [-0.3, -0.25) is 10.1 Å². The molecule has 0 radical (unpaired) electrons. The SMILES string of the molecule is COc1cc(/C=C/c2nc3cc(C)ccc3s2)c([N+](=O)[O-])cc1OC. The zero-order chi connectivity index (χ0) is 18.0. The maximum atomic E-state index is 11.3. The molecule has 0 bridgehead atoms. The second-order valence-corrected chi connectivity index (χ2v) is 6.44. The summed E-state index contributed by atoms with van der Waals surface area (Å²) >= 11 is 1.53. The van der Waals surface area contributed by atoms with Crippen LogP contribution in [0.3, 0.4) is 0 Å². The molecule has 0 saturated carbocycles. The van der Waals surface area contributed by atoms with Crippen LogP contribution in [0.25, 0.3) is 22.4 Å². The average Bonchev–Trinajstić information content (AvgIpc) is 3.00. The van der Waals surface area contributed by atoms with Gasteiger partial charge in [0.1, 0.15) is 5.01 Å². The van der Waals surface area contributed by atoms with Crippen molar-refractivity contribution in [2.24, 2.45) is 0 Å². The van der Waals surface area contributed by atoms with Crippen molar-refractivity contribution in [2.45, 2.75) is 6.92 Å². The van der Waals surface area contributed by atoms with Crippen LogP contribution >= 0.6 is 11.3 Å². The first-order valence-corrected chi connectivity index (χ1v) is 8.29. The number of hydrogen-bond acceptors (Lipinski definition) is 6. The molecule has 0 atom stereocenters. The van der Waals surface area contributed by atoms with E-state index in [0.29, 0.717) is 17.1 Å². The van der Waals surface area contributed by atoms with Crippen LogP contribution in [-0.4, -0.2) is 24.1 Å². The Morgan fingerprint density at radius 3 is 2.52 bits per heavy atom. The fourth-order valence-electron chi connectivity index (χ4n) is 2.46. The summed E-state index contributed by atoms with van der Waals surface area (Å²) in [6.07, 6.45) is 3.44. The molecule has 0 fully saturated rings. The Morgan fingerprint density at radius 2 is 1.84 bits per heavy atom. The molecular formula is C18H16N2O4S. The van der Waals surface area contributed by atoms with Gasteiger partial charge in [0.25, 0.3) is 5.69 Å². The van der Waals surface area contributed by atoms with Gasteiger partial charge in [-0.2, -0.15) is 0 Å². The quantitative estimate of drug-likeness (QED) is 0.489. The number of ether oxygens (including phenoxy) is 2. The lowest BCUT2D eigenvalue weighted by Gasteiger charge is -2.08. The molecule has 1 aromatic heterocycles. The number of nitro groups is 1. The van der Waals surface area contributed by atoms with Crippen LogP contribution in [0.2, 0.25) is 0 Å². The van der Waals surface area contributed by atoms with Gasteiger partial charge in [-0.15, -0.1) is 11.3 Å². The third-order valence-electron chi connectivity index (χ3n) is 3.69. The van der Waals surface area contributed by atoms with Gasteiger partial charge >= 0.3 is 0 Å². The van der Waals surface area contributed by atoms with Crippen LogP contribution in [0.15, 0.2) is 30.3 Å². The molecule has 0 aliphatic heterocycles. The lowest BCUT2D eigenvalue weighted by atomic mass is 10.1. The minimum atomic E-state index is -0.441. The zero-order valence-electron chi connectivity index (χ0n) is 14.0. The van der Waals surface area contributed by atoms with E-state index in [4.69, 9.17) is 9.47 Å². The van der Waals surface area contributed by atoms with Crippen LogP contribution < -0.4 is 9.47 Å². The number of methoxy groups -OCH3 is 2. The first kappa shape index (κ1) is 16.9. The third-order valence-corrected chi connectivity index (χ3v) is 4.70. The predicted octanol–water partition coefficient (Wildman–Crippen LogP) is 4.70. The minimum absolute atomic E-state index is 0.0501. The summed E-state index contributed by atoms with van der Waals surface area (Å²) in [5.74, 6) is 0.759. The topological polar surface area (TPSA) is 74.5 Å². The van der Waals surface area contributed by atoms with Crippen molar-refractivity contribution in [3.05, 3.63) is 56.6 Å². The summed E-state index contributed by atoms with van der Waals surface area (Å²) in [5, 5.41) is 12.1. The van der Waals surface area contributed by atoms with Crippen molar-refractivity contribution < 1.29 is 14.4 Å². The van der Waals surface area contributed by atoms with Gasteiger partial charge in [0, 0.05) is 0 Å². The minimum Gasteiger partial charge on any atom is -0.493 e. The van der Waals surface area contributed by atoms with Crippen molar-refractivity contribution in [3.63, 3.8) is 0 Å². The Balaban J connectivity index is 2.02. The van der Waals surface area contributed by atoms with E-state index in [1.807, 2.05) is 25.1 Å². The molecular weight excluding hydrogens is 340 g/mol. The summed E-state index contributed by atoms with van der Waals surface area (Å²) in [7, 11) is 2.94. The molecule has 25 heavy (non-hydrogen) atoms. The second-order valence-electron chi connectivity index (χ2n) is 5.38.